The number of ether oxygens (including phenoxy) is 1. The Labute approximate surface area is 191 Å². The molecular weight excluding hydrogens is 416 g/mol. The summed E-state index contributed by atoms with van der Waals surface area (Å²) in [6.07, 6.45) is 5.18. The largest absolute Gasteiger partial charge is 0.384 e. The van der Waals surface area contributed by atoms with Gasteiger partial charge in [-0.25, -0.2) is 14.5 Å². The summed E-state index contributed by atoms with van der Waals surface area (Å²) < 4.78 is 7.04. The van der Waals surface area contributed by atoms with Gasteiger partial charge in [-0.2, -0.15) is 5.10 Å². The van der Waals surface area contributed by atoms with E-state index in [9.17, 15) is 4.79 Å². The minimum absolute atomic E-state index is 0.0378. The summed E-state index contributed by atoms with van der Waals surface area (Å²) in [4.78, 5) is 23.5. The maximum absolute atomic E-state index is 12.9. The van der Waals surface area contributed by atoms with Gasteiger partial charge in [0, 0.05) is 42.2 Å². The van der Waals surface area contributed by atoms with Crippen molar-refractivity contribution in [3.05, 3.63) is 77.2 Å². The van der Waals surface area contributed by atoms with Gasteiger partial charge in [0.2, 0.25) is 0 Å². The Morgan fingerprint density at radius 3 is 2.76 bits per heavy atom. The first kappa shape index (κ1) is 20.7. The molecule has 1 amide bonds. The second kappa shape index (κ2) is 8.73. The molecule has 3 aromatic heterocycles. The first-order chi connectivity index (χ1) is 16.1. The fourth-order valence-corrected chi connectivity index (χ4v) is 3.78. The number of fused-ring (bicyclic) bond motifs is 1. The van der Waals surface area contributed by atoms with Crippen LogP contribution in [0.15, 0.2) is 55.0 Å². The quantitative estimate of drug-likeness (QED) is 0.483. The number of anilines is 1. The molecule has 0 bridgehead atoms. The molecule has 0 spiro atoms. The van der Waals surface area contributed by atoms with Crippen molar-refractivity contribution in [1.82, 2.24) is 24.5 Å². The molecule has 8 heteroatoms. The van der Waals surface area contributed by atoms with Gasteiger partial charge in [-0.05, 0) is 42.8 Å². The van der Waals surface area contributed by atoms with E-state index in [2.05, 4.69) is 21.9 Å². The molecule has 2 N–H and O–H groups in total. The summed E-state index contributed by atoms with van der Waals surface area (Å²) in [5.74, 6) is 6.67. The molecule has 8 nitrogen and oxygen atoms in total. The number of nitrogen functional groups attached to an aromatic ring is 1. The molecule has 164 valence electrons. The first-order valence-electron chi connectivity index (χ1n) is 10.6. The van der Waals surface area contributed by atoms with E-state index >= 15 is 0 Å². The molecule has 33 heavy (non-hydrogen) atoms. The zero-order valence-corrected chi connectivity index (χ0v) is 18.2. The van der Waals surface area contributed by atoms with Crippen molar-refractivity contribution in [2.24, 2.45) is 0 Å². The van der Waals surface area contributed by atoms with E-state index in [1.807, 2.05) is 42.3 Å². The zero-order chi connectivity index (χ0) is 22.8. The molecule has 0 saturated carbocycles. The topological polar surface area (TPSA) is 98.6 Å². The van der Waals surface area contributed by atoms with E-state index in [0.29, 0.717) is 48.9 Å². The van der Waals surface area contributed by atoms with Crippen LogP contribution in [0, 0.1) is 18.8 Å². The summed E-state index contributed by atoms with van der Waals surface area (Å²) in [5, 5.41) is 4.34. The fourth-order valence-electron chi connectivity index (χ4n) is 3.78. The highest BCUT2D eigenvalue weighted by Crippen LogP contribution is 2.23. The van der Waals surface area contributed by atoms with Crippen LogP contribution in [0.1, 0.15) is 27.0 Å². The lowest BCUT2D eigenvalue weighted by molar-refractivity contribution is 0.0302. The van der Waals surface area contributed by atoms with E-state index in [0.717, 1.165) is 22.4 Å². The number of amides is 1. The van der Waals surface area contributed by atoms with Gasteiger partial charge in [0.25, 0.3) is 5.91 Å². The molecule has 1 aromatic carbocycles. The van der Waals surface area contributed by atoms with Crippen LogP contribution in [0.3, 0.4) is 0 Å². The number of morpholine rings is 1. The zero-order valence-electron chi connectivity index (χ0n) is 18.2. The molecule has 0 aliphatic carbocycles. The third-order valence-electron chi connectivity index (χ3n) is 5.54. The van der Waals surface area contributed by atoms with Crippen molar-refractivity contribution in [1.29, 1.82) is 0 Å². The maximum Gasteiger partial charge on any atom is 0.254 e. The minimum atomic E-state index is 0.0378. The Kier molecular flexibility index (Phi) is 5.47. The number of carbonyl (C=O) groups is 1. The monoisotopic (exact) mass is 438 g/mol. The normalized spacial score (nSPS) is 13.5. The number of hydrogen-bond acceptors (Lipinski definition) is 6. The van der Waals surface area contributed by atoms with E-state index < -0.39 is 0 Å². The van der Waals surface area contributed by atoms with Crippen LogP contribution in [0.2, 0.25) is 0 Å². The summed E-state index contributed by atoms with van der Waals surface area (Å²) >= 11 is 0. The number of pyridine rings is 1. The summed E-state index contributed by atoms with van der Waals surface area (Å²) in [6.45, 7) is 4.35. The lowest BCUT2D eigenvalue weighted by atomic mass is 10.0. The standard InChI is InChI=1S/C25H22N6O2/c1-17-14-19(4-5-21(17)25(32)30-10-12-33-13-11-30)22-7-9-31-24(29-22)20(16-28-31)3-2-18-6-8-27-23(26)15-18/h4-9,14-16H,10-13H2,1H3,(H2,26,27). The van der Waals surface area contributed by atoms with E-state index in [4.69, 9.17) is 15.5 Å². The average molecular weight is 438 g/mol. The van der Waals surface area contributed by atoms with Crippen LogP contribution in [-0.2, 0) is 4.74 Å². The minimum Gasteiger partial charge on any atom is -0.384 e. The molecule has 1 aliphatic rings. The highest BCUT2D eigenvalue weighted by Gasteiger charge is 2.20. The number of carbonyl (C=O) groups excluding carboxylic acids is 1. The van der Waals surface area contributed by atoms with Crippen LogP contribution in [-0.4, -0.2) is 56.7 Å². The van der Waals surface area contributed by atoms with Crippen LogP contribution >= 0.6 is 0 Å². The van der Waals surface area contributed by atoms with Gasteiger partial charge in [-0.3, -0.25) is 4.79 Å². The van der Waals surface area contributed by atoms with Gasteiger partial charge in [0.05, 0.1) is 30.7 Å². The van der Waals surface area contributed by atoms with Crippen LogP contribution < -0.4 is 5.73 Å². The third kappa shape index (κ3) is 4.27. The van der Waals surface area contributed by atoms with Gasteiger partial charge in [0.15, 0.2) is 5.65 Å². The summed E-state index contributed by atoms with van der Waals surface area (Å²) in [5.41, 5.74) is 11.2. The lowest BCUT2D eigenvalue weighted by Crippen LogP contribution is -2.40. The predicted octanol–water partition coefficient (Wildman–Crippen LogP) is 2.55. The Morgan fingerprint density at radius 1 is 1.12 bits per heavy atom. The van der Waals surface area contributed by atoms with Gasteiger partial charge in [-0.15, -0.1) is 0 Å². The Bertz CT molecular complexity index is 1410. The molecule has 5 rings (SSSR count). The molecule has 4 aromatic rings. The van der Waals surface area contributed by atoms with E-state index in [-0.39, 0.29) is 5.91 Å². The Hall–Kier alpha value is -4.22. The second-order valence-electron chi connectivity index (χ2n) is 7.79. The highest BCUT2D eigenvalue weighted by atomic mass is 16.5. The van der Waals surface area contributed by atoms with Crippen molar-refractivity contribution in [2.75, 3.05) is 32.0 Å². The predicted molar refractivity (Wildman–Crippen MR) is 125 cm³/mol. The third-order valence-corrected chi connectivity index (χ3v) is 5.54. The second-order valence-corrected chi connectivity index (χ2v) is 7.79. The smallest absolute Gasteiger partial charge is 0.254 e. The number of nitrogens with two attached hydrogens (primary N) is 1. The van der Waals surface area contributed by atoms with Gasteiger partial charge < -0.3 is 15.4 Å². The lowest BCUT2D eigenvalue weighted by Gasteiger charge is -2.27. The first-order valence-corrected chi connectivity index (χ1v) is 10.6. The maximum atomic E-state index is 12.9. The van der Waals surface area contributed by atoms with Crippen molar-refractivity contribution in [3.8, 4) is 23.1 Å². The molecule has 0 radical (unpaired) electrons. The molecule has 0 unspecified atom stereocenters. The average Bonchev–Trinajstić information content (AvgIpc) is 3.25. The SMILES string of the molecule is Cc1cc(-c2ccn3ncc(C#Cc4ccnc(N)c4)c3n2)ccc1C(=O)N1CCOCC1. The summed E-state index contributed by atoms with van der Waals surface area (Å²) in [6, 6.07) is 11.2. The number of benzene rings is 1. The van der Waals surface area contributed by atoms with Crippen LogP contribution in [0.5, 0.6) is 0 Å². The van der Waals surface area contributed by atoms with E-state index in [1.165, 1.54) is 0 Å². The van der Waals surface area contributed by atoms with Gasteiger partial charge in [-0.1, -0.05) is 17.9 Å². The summed E-state index contributed by atoms with van der Waals surface area (Å²) in [7, 11) is 0. The van der Waals surface area contributed by atoms with Crippen molar-refractivity contribution >= 4 is 17.4 Å². The molecule has 1 fully saturated rings. The molecule has 4 heterocycles. The fraction of sp³-hybridized carbons (Fsp3) is 0.200. The van der Waals surface area contributed by atoms with Gasteiger partial charge >= 0.3 is 0 Å². The number of aromatic nitrogens is 4. The molecular formula is C25H22N6O2. The van der Waals surface area contributed by atoms with E-state index in [1.54, 1.807) is 29.0 Å². The van der Waals surface area contributed by atoms with Crippen molar-refractivity contribution in [3.63, 3.8) is 0 Å². The van der Waals surface area contributed by atoms with Crippen molar-refractivity contribution in [2.45, 2.75) is 6.92 Å². The Morgan fingerprint density at radius 2 is 1.97 bits per heavy atom. The van der Waals surface area contributed by atoms with Crippen LogP contribution in [0.25, 0.3) is 16.9 Å². The number of aryl methyl sites for hydroxylation is 1. The molecule has 1 saturated heterocycles. The van der Waals surface area contributed by atoms with Crippen LogP contribution in [0.4, 0.5) is 5.82 Å². The molecule has 1 aliphatic heterocycles. The number of rotatable bonds is 2. The number of hydrogen-bond donors (Lipinski definition) is 1. The number of nitrogens with zero attached hydrogens (tertiary/aromatic N) is 5. The Balaban J connectivity index is 1.45. The van der Waals surface area contributed by atoms with Gasteiger partial charge in [0.1, 0.15) is 5.82 Å². The highest BCUT2D eigenvalue weighted by molar-refractivity contribution is 5.96. The molecule has 0 atom stereocenters. The van der Waals surface area contributed by atoms with Crippen molar-refractivity contribution < 1.29 is 9.53 Å².